The first-order valence-electron chi connectivity index (χ1n) is 5.96. The van der Waals surface area contributed by atoms with Crippen molar-refractivity contribution in [2.24, 2.45) is 5.41 Å². The monoisotopic (exact) mass is 343 g/mol. The van der Waals surface area contributed by atoms with Crippen LogP contribution < -0.4 is 4.90 Å². The van der Waals surface area contributed by atoms with E-state index in [4.69, 9.17) is 0 Å². The molecule has 0 bridgehead atoms. The molecule has 2 rings (SSSR count). The third kappa shape index (κ3) is 3.00. The number of benzene rings is 1. The molecule has 0 spiro atoms. The summed E-state index contributed by atoms with van der Waals surface area (Å²) in [5, 5.41) is 0. The van der Waals surface area contributed by atoms with Crippen LogP contribution in [0, 0.1) is 8.99 Å². The minimum Gasteiger partial charge on any atom is -0.312 e. The third-order valence-corrected chi connectivity index (χ3v) is 3.73. The zero-order chi connectivity index (χ0) is 12.6. The molecule has 1 heterocycles. The number of anilines is 1. The van der Waals surface area contributed by atoms with E-state index in [-0.39, 0.29) is 11.3 Å². The summed E-state index contributed by atoms with van der Waals surface area (Å²) >= 11 is 2.29. The molecule has 2 nitrogen and oxygen atoms in total. The van der Waals surface area contributed by atoms with Crippen LogP contribution in [0.5, 0.6) is 0 Å². The van der Waals surface area contributed by atoms with Crippen molar-refractivity contribution in [1.82, 2.24) is 0 Å². The number of carbonyl (C=O) groups is 1. The summed E-state index contributed by atoms with van der Waals surface area (Å²) in [6.07, 6.45) is 1.60. The Morgan fingerprint density at radius 2 is 2.06 bits per heavy atom. The number of carbonyl (C=O) groups excluding carboxylic acids is 1. The van der Waals surface area contributed by atoms with Gasteiger partial charge < -0.3 is 4.90 Å². The van der Waals surface area contributed by atoms with E-state index in [0.29, 0.717) is 6.42 Å². The number of halogens is 1. The molecule has 0 radical (unpaired) electrons. The van der Waals surface area contributed by atoms with Gasteiger partial charge in [0.15, 0.2) is 0 Å². The smallest absolute Gasteiger partial charge is 0.231 e. The van der Waals surface area contributed by atoms with Crippen molar-refractivity contribution in [3.63, 3.8) is 0 Å². The third-order valence-electron chi connectivity index (χ3n) is 3.06. The molecule has 92 valence electrons. The number of rotatable bonds is 2. The molecule has 0 aromatic heterocycles. The van der Waals surface area contributed by atoms with Gasteiger partial charge in [0.1, 0.15) is 0 Å². The van der Waals surface area contributed by atoms with E-state index in [1.54, 1.807) is 0 Å². The van der Waals surface area contributed by atoms with Gasteiger partial charge in [0.2, 0.25) is 5.91 Å². The van der Waals surface area contributed by atoms with Crippen molar-refractivity contribution in [3.05, 3.63) is 27.3 Å². The predicted molar refractivity (Wildman–Crippen MR) is 79.3 cm³/mol. The fourth-order valence-electron chi connectivity index (χ4n) is 2.04. The van der Waals surface area contributed by atoms with Gasteiger partial charge in [-0.05, 0) is 58.2 Å². The summed E-state index contributed by atoms with van der Waals surface area (Å²) < 4.78 is 1.20. The van der Waals surface area contributed by atoms with Crippen molar-refractivity contribution in [2.45, 2.75) is 33.6 Å². The van der Waals surface area contributed by atoms with Crippen molar-refractivity contribution in [1.29, 1.82) is 0 Å². The Morgan fingerprint density at radius 1 is 1.35 bits per heavy atom. The van der Waals surface area contributed by atoms with Crippen molar-refractivity contribution >= 4 is 34.2 Å². The Bertz CT molecular complexity index is 448. The zero-order valence-electron chi connectivity index (χ0n) is 10.6. The molecule has 0 unspecified atom stereocenters. The van der Waals surface area contributed by atoms with E-state index < -0.39 is 0 Å². The molecule has 0 N–H and O–H groups in total. The van der Waals surface area contributed by atoms with Crippen LogP contribution in [-0.2, 0) is 11.2 Å². The molecule has 1 aliphatic rings. The highest BCUT2D eigenvalue weighted by molar-refractivity contribution is 14.1. The highest BCUT2D eigenvalue weighted by atomic mass is 127. The summed E-state index contributed by atoms with van der Waals surface area (Å²) in [5.41, 5.74) is 2.56. The Kier molecular flexibility index (Phi) is 3.48. The normalized spacial score (nSPS) is 15.3. The van der Waals surface area contributed by atoms with Crippen LogP contribution in [0.4, 0.5) is 5.69 Å². The summed E-state index contributed by atoms with van der Waals surface area (Å²) in [6, 6.07) is 6.26. The van der Waals surface area contributed by atoms with Gasteiger partial charge in [-0.15, -0.1) is 0 Å². The molecular weight excluding hydrogens is 325 g/mol. The maximum absolute atomic E-state index is 12.0. The quantitative estimate of drug-likeness (QED) is 0.751. The van der Waals surface area contributed by atoms with Crippen LogP contribution in [0.2, 0.25) is 0 Å². The molecule has 0 fully saturated rings. The van der Waals surface area contributed by atoms with Gasteiger partial charge in [-0.2, -0.15) is 0 Å². The highest BCUT2D eigenvalue weighted by Crippen LogP contribution is 2.31. The summed E-state index contributed by atoms with van der Waals surface area (Å²) in [4.78, 5) is 13.9. The zero-order valence-corrected chi connectivity index (χ0v) is 12.7. The molecule has 3 heteroatoms. The Balaban J connectivity index is 2.18. The van der Waals surface area contributed by atoms with E-state index in [1.165, 1.54) is 9.13 Å². The number of fused-ring (bicyclic) bond motifs is 1. The number of nitrogens with zero attached hydrogens (tertiary/aromatic N) is 1. The van der Waals surface area contributed by atoms with Crippen LogP contribution >= 0.6 is 22.6 Å². The highest BCUT2D eigenvalue weighted by Gasteiger charge is 2.27. The van der Waals surface area contributed by atoms with E-state index >= 15 is 0 Å². The topological polar surface area (TPSA) is 20.3 Å². The second-order valence-corrected chi connectivity index (χ2v) is 7.05. The first-order chi connectivity index (χ1) is 7.87. The molecule has 1 aromatic carbocycles. The first kappa shape index (κ1) is 12.9. The second-order valence-electron chi connectivity index (χ2n) is 5.81. The summed E-state index contributed by atoms with van der Waals surface area (Å²) in [7, 11) is 0. The Hall–Kier alpha value is -0.580. The molecule has 17 heavy (non-hydrogen) atoms. The minimum absolute atomic E-state index is 0.242. The van der Waals surface area contributed by atoms with Gasteiger partial charge in [-0.1, -0.05) is 20.8 Å². The van der Waals surface area contributed by atoms with E-state index in [2.05, 4.69) is 61.6 Å². The van der Waals surface area contributed by atoms with Crippen LogP contribution in [0.15, 0.2) is 18.2 Å². The molecule has 0 atom stereocenters. The number of hydrogen-bond acceptors (Lipinski definition) is 1. The lowest BCUT2D eigenvalue weighted by Crippen LogP contribution is -2.30. The van der Waals surface area contributed by atoms with Crippen molar-refractivity contribution in [3.8, 4) is 0 Å². The maximum atomic E-state index is 12.0. The number of amides is 1. The molecule has 1 aromatic rings. The van der Waals surface area contributed by atoms with E-state index in [9.17, 15) is 4.79 Å². The fraction of sp³-hybridized carbons (Fsp3) is 0.500. The van der Waals surface area contributed by atoms with E-state index in [0.717, 1.165) is 18.7 Å². The van der Waals surface area contributed by atoms with Gasteiger partial charge in [-0.25, -0.2) is 0 Å². The lowest BCUT2D eigenvalue weighted by atomic mass is 9.92. The molecule has 1 amide bonds. The largest absolute Gasteiger partial charge is 0.312 e. The van der Waals surface area contributed by atoms with Crippen LogP contribution in [0.1, 0.15) is 32.8 Å². The van der Waals surface area contributed by atoms with Crippen LogP contribution in [-0.4, -0.2) is 12.5 Å². The second kappa shape index (κ2) is 4.59. The SMILES string of the molecule is CC(C)(C)CCN1C(=O)Cc2cc(I)ccc21. The van der Waals surface area contributed by atoms with Crippen LogP contribution in [0.3, 0.4) is 0 Å². The molecule has 0 aliphatic carbocycles. The molecule has 1 aliphatic heterocycles. The lowest BCUT2D eigenvalue weighted by molar-refractivity contribution is -0.117. The minimum atomic E-state index is 0.242. The standard InChI is InChI=1S/C14H18INO/c1-14(2,3)6-7-16-12-5-4-11(15)8-10(12)9-13(16)17/h4-5,8H,6-7,9H2,1-3H3. The van der Waals surface area contributed by atoms with Gasteiger partial charge in [0.05, 0.1) is 6.42 Å². The predicted octanol–water partition coefficient (Wildman–Crippen LogP) is 3.62. The van der Waals surface area contributed by atoms with Gasteiger partial charge in [0.25, 0.3) is 0 Å². The Labute approximate surface area is 117 Å². The lowest BCUT2D eigenvalue weighted by Gasteiger charge is -2.24. The van der Waals surface area contributed by atoms with Crippen molar-refractivity contribution in [2.75, 3.05) is 11.4 Å². The molecule has 0 saturated heterocycles. The average molecular weight is 343 g/mol. The summed E-state index contributed by atoms with van der Waals surface area (Å²) in [5.74, 6) is 0.242. The Morgan fingerprint density at radius 3 is 2.71 bits per heavy atom. The van der Waals surface area contributed by atoms with Crippen LogP contribution in [0.25, 0.3) is 0 Å². The first-order valence-corrected chi connectivity index (χ1v) is 7.03. The molecule has 0 saturated carbocycles. The average Bonchev–Trinajstić information content (AvgIpc) is 2.48. The van der Waals surface area contributed by atoms with Gasteiger partial charge >= 0.3 is 0 Å². The van der Waals surface area contributed by atoms with Crippen molar-refractivity contribution < 1.29 is 4.79 Å². The fourth-order valence-corrected chi connectivity index (χ4v) is 2.60. The van der Waals surface area contributed by atoms with E-state index in [1.807, 2.05) is 4.90 Å². The van der Waals surface area contributed by atoms with Gasteiger partial charge in [-0.3, -0.25) is 4.79 Å². The maximum Gasteiger partial charge on any atom is 0.231 e. The summed E-state index contributed by atoms with van der Waals surface area (Å²) in [6.45, 7) is 7.46. The van der Waals surface area contributed by atoms with Gasteiger partial charge in [0, 0.05) is 15.8 Å². The number of hydrogen-bond donors (Lipinski definition) is 0. The molecular formula is C14H18INO.